The van der Waals surface area contributed by atoms with Crippen molar-refractivity contribution >= 4 is 39.0 Å². The molecular formula is C21H16N2O5. The Balaban J connectivity index is 1.65. The molecule has 0 saturated heterocycles. The van der Waals surface area contributed by atoms with Crippen LogP contribution < -0.4 is 10.1 Å². The summed E-state index contributed by atoms with van der Waals surface area (Å²) in [7, 11) is 1.42. The van der Waals surface area contributed by atoms with E-state index in [0.29, 0.717) is 11.3 Å². The highest BCUT2D eigenvalue weighted by atomic mass is 16.6. The van der Waals surface area contributed by atoms with Gasteiger partial charge in [-0.25, -0.2) is 0 Å². The molecule has 0 fully saturated rings. The van der Waals surface area contributed by atoms with Crippen molar-refractivity contribution in [1.29, 1.82) is 0 Å². The van der Waals surface area contributed by atoms with E-state index >= 15 is 0 Å². The van der Waals surface area contributed by atoms with E-state index in [2.05, 4.69) is 5.32 Å². The molecule has 1 amide bonds. The van der Waals surface area contributed by atoms with Gasteiger partial charge >= 0.3 is 0 Å². The molecule has 1 heterocycles. The third-order valence-electron chi connectivity index (χ3n) is 4.57. The van der Waals surface area contributed by atoms with Gasteiger partial charge in [0, 0.05) is 10.9 Å². The number of carbonyl (C=O) groups excluding carboxylic acids is 1. The summed E-state index contributed by atoms with van der Waals surface area (Å²) in [6.07, 6.45) is 1.59. The third-order valence-corrected chi connectivity index (χ3v) is 4.57. The summed E-state index contributed by atoms with van der Waals surface area (Å²) in [5.74, 6) is -0.0269. The van der Waals surface area contributed by atoms with E-state index in [1.54, 1.807) is 12.3 Å². The van der Waals surface area contributed by atoms with Crippen LogP contribution in [-0.2, 0) is 11.2 Å². The van der Waals surface area contributed by atoms with E-state index in [-0.39, 0.29) is 23.7 Å². The number of benzene rings is 3. The van der Waals surface area contributed by atoms with Gasteiger partial charge in [0.05, 0.1) is 30.8 Å². The van der Waals surface area contributed by atoms with E-state index in [0.717, 1.165) is 21.7 Å². The summed E-state index contributed by atoms with van der Waals surface area (Å²) in [4.78, 5) is 23.3. The van der Waals surface area contributed by atoms with Gasteiger partial charge in [-0.3, -0.25) is 14.9 Å². The number of rotatable bonds is 5. The van der Waals surface area contributed by atoms with Crippen molar-refractivity contribution in [3.05, 3.63) is 76.5 Å². The molecule has 0 aliphatic heterocycles. The first-order valence-electron chi connectivity index (χ1n) is 8.57. The molecule has 0 aliphatic carbocycles. The van der Waals surface area contributed by atoms with Crippen molar-refractivity contribution in [2.75, 3.05) is 12.4 Å². The molecule has 7 heteroatoms. The van der Waals surface area contributed by atoms with E-state index < -0.39 is 4.92 Å². The minimum absolute atomic E-state index is 0.0319. The number of nitrogens with one attached hydrogen (secondary N) is 1. The summed E-state index contributed by atoms with van der Waals surface area (Å²) in [6, 6.07) is 16.0. The Labute approximate surface area is 159 Å². The van der Waals surface area contributed by atoms with Gasteiger partial charge in [0.1, 0.15) is 17.0 Å². The molecule has 0 saturated carbocycles. The summed E-state index contributed by atoms with van der Waals surface area (Å²) < 4.78 is 10.6. The number of furan rings is 1. The van der Waals surface area contributed by atoms with Crippen molar-refractivity contribution in [2.45, 2.75) is 6.42 Å². The zero-order valence-electron chi connectivity index (χ0n) is 15.0. The molecule has 0 radical (unpaired) electrons. The summed E-state index contributed by atoms with van der Waals surface area (Å²) >= 11 is 0. The normalized spacial score (nSPS) is 10.9. The number of amides is 1. The number of carbonyl (C=O) groups is 1. The first-order valence-corrected chi connectivity index (χ1v) is 8.57. The second kappa shape index (κ2) is 7.03. The SMILES string of the molecule is COc1ccc(NC(=O)Cc2coc3ccc4ccccc4c23)c([N+](=O)[O-])c1. The van der Waals surface area contributed by atoms with Crippen molar-refractivity contribution in [2.24, 2.45) is 0 Å². The van der Waals surface area contributed by atoms with Gasteiger partial charge in [0.15, 0.2) is 0 Å². The Morgan fingerprint density at radius 3 is 2.79 bits per heavy atom. The van der Waals surface area contributed by atoms with E-state index in [1.165, 1.54) is 19.2 Å². The number of methoxy groups -OCH3 is 1. The van der Waals surface area contributed by atoms with Gasteiger partial charge in [-0.15, -0.1) is 0 Å². The van der Waals surface area contributed by atoms with Crippen LogP contribution in [0.4, 0.5) is 11.4 Å². The van der Waals surface area contributed by atoms with Gasteiger partial charge in [-0.2, -0.15) is 0 Å². The second-order valence-electron chi connectivity index (χ2n) is 6.29. The highest BCUT2D eigenvalue weighted by molar-refractivity contribution is 6.09. The summed E-state index contributed by atoms with van der Waals surface area (Å²) in [5.41, 5.74) is 1.31. The van der Waals surface area contributed by atoms with Crippen LogP contribution in [0.2, 0.25) is 0 Å². The fraction of sp³-hybridized carbons (Fsp3) is 0.0952. The summed E-state index contributed by atoms with van der Waals surface area (Å²) in [5, 5.41) is 16.8. The highest BCUT2D eigenvalue weighted by Crippen LogP contribution is 2.31. The predicted molar refractivity (Wildman–Crippen MR) is 106 cm³/mol. The molecule has 4 rings (SSSR count). The number of fused-ring (bicyclic) bond motifs is 3. The lowest BCUT2D eigenvalue weighted by Gasteiger charge is -2.07. The molecular weight excluding hydrogens is 360 g/mol. The average Bonchev–Trinajstić information content (AvgIpc) is 3.11. The molecule has 28 heavy (non-hydrogen) atoms. The Bertz CT molecular complexity index is 1210. The molecule has 0 unspecified atom stereocenters. The molecule has 0 atom stereocenters. The molecule has 4 aromatic rings. The predicted octanol–water partition coefficient (Wildman–Crippen LogP) is 4.68. The number of hydrogen-bond acceptors (Lipinski definition) is 5. The van der Waals surface area contributed by atoms with Crippen LogP contribution in [0.25, 0.3) is 21.7 Å². The molecule has 0 bridgehead atoms. The van der Waals surface area contributed by atoms with E-state index in [4.69, 9.17) is 9.15 Å². The second-order valence-corrected chi connectivity index (χ2v) is 6.29. The minimum Gasteiger partial charge on any atom is -0.496 e. The van der Waals surface area contributed by atoms with E-state index in [9.17, 15) is 14.9 Å². The van der Waals surface area contributed by atoms with Crippen molar-refractivity contribution in [3.63, 3.8) is 0 Å². The third kappa shape index (κ3) is 3.14. The molecule has 7 nitrogen and oxygen atoms in total. The van der Waals surface area contributed by atoms with Gasteiger partial charge in [-0.05, 0) is 29.0 Å². The van der Waals surface area contributed by atoms with Crippen LogP contribution in [0.3, 0.4) is 0 Å². The number of nitro benzene ring substituents is 1. The van der Waals surface area contributed by atoms with Crippen LogP contribution in [0.1, 0.15) is 5.56 Å². The van der Waals surface area contributed by atoms with Crippen molar-refractivity contribution in [1.82, 2.24) is 0 Å². The van der Waals surface area contributed by atoms with Crippen molar-refractivity contribution in [3.8, 4) is 5.75 Å². The topological polar surface area (TPSA) is 94.6 Å². The standard InChI is InChI=1S/C21H16N2O5/c1-27-15-7-8-17(18(11-15)23(25)26)22-20(24)10-14-12-28-19-9-6-13-4-2-3-5-16(13)21(14)19/h2-9,11-12H,10H2,1H3,(H,22,24). The number of hydrogen-bond donors (Lipinski definition) is 1. The van der Waals surface area contributed by atoms with Crippen LogP contribution in [0.15, 0.2) is 65.3 Å². The first kappa shape index (κ1) is 17.5. The number of ether oxygens (including phenoxy) is 1. The number of nitro groups is 1. The largest absolute Gasteiger partial charge is 0.496 e. The van der Waals surface area contributed by atoms with Crippen LogP contribution >= 0.6 is 0 Å². The Kier molecular flexibility index (Phi) is 4.41. The maximum absolute atomic E-state index is 12.6. The Morgan fingerprint density at radius 1 is 1.18 bits per heavy atom. The molecule has 1 aromatic heterocycles. The van der Waals surface area contributed by atoms with E-state index in [1.807, 2.05) is 36.4 Å². The summed E-state index contributed by atoms with van der Waals surface area (Å²) in [6.45, 7) is 0. The molecule has 140 valence electrons. The Hall–Kier alpha value is -3.87. The fourth-order valence-electron chi connectivity index (χ4n) is 3.27. The van der Waals surface area contributed by atoms with Gasteiger partial charge < -0.3 is 14.5 Å². The van der Waals surface area contributed by atoms with Crippen molar-refractivity contribution < 1.29 is 18.9 Å². The molecule has 0 aliphatic rings. The first-order chi connectivity index (χ1) is 13.6. The monoisotopic (exact) mass is 376 g/mol. The smallest absolute Gasteiger partial charge is 0.296 e. The maximum Gasteiger partial charge on any atom is 0.296 e. The lowest BCUT2D eigenvalue weighted by Crippen LogP contribution is -2.15. The number of nitrogens with zero attached hydrogens (tertiary/aromatic N) is 1. The minimum atomic E-state index is -0.557. The quantitative estimate of drug-likeness (QED) is 0.403. The van der Waals surface area contributed by atoms with Crippen LogP contribution in [-0.4, -0.2) is 17.9 Å². The molecule has 1 N–H and O–H groups in total. The highest BCUT2D eigenvalue weighted by Gasteiger charge is 2.19. The van der Waals surface area contributed by atoms with Gasteiger partial charge in [-0.1, -0.05) is 30.3 Å². The lowest BCUT2D eigenvalue weighted by atomic mass is 10.0. The van der Waals surface area contributed by atoms with Gasteiger partial charge in [0.2, 0.25) is 5.91 Å². The molecule has 0 spiro atoms. The van der Waals surface area contributed by atoms with Crippen LogP contribution in [0.5, 0.6) is 5.75 Å². The number of anilines is 1. The Morgan fingerprint density at radius 2 is 2.00 bits per heavy atom. The van der Waals surface area contributed by atoms with Crippen LogP contribution in [0, 0.1) is 10.1 Å². The zero-order chi connectivity index (χ0) is 19.7. The maximum atomic E-state index is 12.6. The zero-order valence-corrected chi connectivity index (χ0v) is 15.0. The average molecular weight is 376 g/mol. The van der Waals surface area contributed by atoms with Gasteiger partial charge in [0.25, 0.3) is 5.69 Å². The fourth-order valence-corrected chi connectivity index (χ4v) is 3.27. The molecule has 3 aromatic carbocycles. The lowest BCUT2D eigenvalue weighted by molar-refractivity contribution is -0.384.